The van der Waals surface area contributed by atoms with E-state index in [0.29, 0.717) is 0 Å². The molecule has 1 aromatic rings. The van der Waals surface area contributed by atoms with Crippen LogP contribution in [0.15, 0.2) is 12.1 Å². The lowest BCUT2D eigenvalue weighted by atomic mass is 10.1. The molecule has 0 aliphatic rings. The molecule has 1 rings (SSSR count). The van der Waals surface area contributed by atoms with E-state index in [2.05, 4.69) is 4.74 Å². The molecule has 7 heteroatoms. The third kappa shape index (κ3) is 2.33. The predicted octanol–water partition coefficient (Wildman–Crippen LogP) is 0.227. The number of hydrogen-bond acceptors (Lipinski definition) is 7. The van der Waals surface area contributed by atoms with E-state index in [4.69, 9.17) is 10.4 Å². The van der Waals surface area contributed by atoms with E-state index in [1.165, 1.54) is 0 Å². The number of nitrogens with zero attached hydrogens (tertiary/aromatic N) is 1. The minimum absolute atomic E-state index is 0.127. The minimum atomic E-state index is -0.909. The van der Waals surface area contributed by atoms with Crippen molar-refractivity contribution in [2.24, 2.45) is 0 Å². The summed E-state index contributed by atoms with van der Waals surface area (Å²) >= 11 is 0. The van der Waals surface area contributed by atoms with Gasteiger partial charge in [0.25, 0.3) is 0 Å². The van der Waals surface area contributed by atoms with E-state index in [1.807, 2.05) is 0 Å². The molecule has 3 N–H and O–H groups in total. The summed E-state index contributed by atoms with van der Waals surface area (Å²) in [7, 11) is 0. The Morgan fingerprint density at radius 1 is 1.50 bits per heavy atom. The number of hydrogen-bond donors (Lipinski definition) is 3. The van der Waals surface area contributed by atoms with E-state index in [9.17, 15) is 15.0 Å². The molecule has 0 radical (unpaired) electrons. The number of esters is 1. The number of carbonyl (C=O) groups is 1. The van der Waals surface area contributed by atoms with Crippen LogP contribution >= 0.6 is 0 Å². The first-order valence-electron chi connectivity index (χ1n) is 4.36. The number of phenolic OH excluding ortho intramolecular Hbond substituents is 1. The molecule has 0 amide bonds. The molecule has 0 aliphatic heterocycles. The molecule has 0 aliphatic carbocycles. The fourth-order valence-corrected chi connectivity index (χ4v) is 1.13. The number of anilines is 1. The smallest absolute Gasteiger partial charge is 0.338 e. The fraction of sp³-hybridized carbons (Fsp3) is 0.222. The Hall–Kier alpha value is -1.99. The molecule has 0 saturated heterocycles. The summed E-state index contributed by atoms with van der Waals surface area (Å²) < 4.78 is 4.61. The van der Waals surface area contributed by atoms with E-state index in [1.54, 1.807) is 6.92 Å². The van der Waals surface area contributed by atoms with Crippen LogP contribution in [0.25, 0.3) is 0 Å². The molecular formula is C9H10NO6-. The quantitative estimate of drug-likeness (QED) is 0.501. The maximum Gasteiger partial charge on any atom is 0.338 e. The van der Waals surface area contributed by atoms with Crippen LogP contribution in [-0.2, 0) is 4.74 Å². The Labute approximate surface area is 90.6 Å². The van der Waals surface area contributed by atoms with Crippen molar-refractivity contribution in [3.8, 4) is 11.5 Å². The number of benzene rings is 1. The predicted molar refractivity (Wildman–Crippen MR) is 49.6 cm³/mol. The first-order valence-corrected chi connectivity index (χ1v) is 4.36. The van der Waals surface area contributed by atoms with Gasteiger partial charge in [0.15, 0.2) is 0 Å². The maximum atomic E-state index is 11.3. The SMILES string of the molecule is CCOC(=O)c1cc([O-])c(N(O)O)c(O)c1. The van der Waals surface area contributed by atoms with Gasteiger partial charge in [0.05, 0.1) is 12.2 Å². The molecule has 0 aromatic heterocycles. The molecule has 7 nitrogen and oxygen atoms in total. The Bertz CT molecular complexity index is 380. The van der Waals surface area contributed by atoms with Gasteiger partial charge in [-0.1, -0.05) is 11.8 Å². The summed E-state index contributed by atoms with van der Waals surface area (Å²) in [6.45, 7) is 1.72. The van der Waals surface area contributed by atoms with E-state index in [-0.39, 0.29) is 12.2 Å². The Morgan fingerprint density at radius 3 is 2.56 bits per heavy atom. The van der Waals surface area contributed by atoms with E-state index >= 15 is 0 Å². The lowest BCUT2D eigenvalue weighted by Gasteiger charge is -2.19. The van der Waals surface area contributed by atoms with Gasteiger partial charge in [0.1, 0.15) is 11.4 Å². The third-order valence-corrected chi connectivity index (χ3v) is 1.77. The van der Waals surface area contributed by atoms with Gasteiger partial charge in [0.2, 0.25) is 0 Å². The highest BCUT2D eigenvalue weighted by molar-refractivity contribution is 5.91. The summed E-state index contributed by atoms with van der Waals surface area (Å²) in [6.07, 6.45) is 0. The highest BCUT2D eigenvalue weighted by Gasteiger charge is 2.14. The topological polar surface area (TPSA) is 113 Å². The van der Waals surface area contributed by atoms with Gasteiger partial charge < -0.3 is 14.9 Å². The van der Waals surface area contributed by atoms with Gasteiger partial charge in [-0.25, -0.2) is 4.79 Å². The largest absolute Gasteiger partial charge is 0.871 e. The Kier molecular flexibility index (Phi) is 3.54. The third-order valence-electron chi connectivity index (χ3n) is 1.77. The van der Waals surface area contributed by atoms with Crippen molar-refractivity contribution in [1.29, 1.82) is 0 Å². The average molecular weight is 228 g/mol. The van der Waals surface area contributed by atoms with Crippen molar-refractivity contribution < 1.29 is 30.2 Å². The lowest BCUT2D eigenvalue weighted by Crippen LogP contribution is -2.15. The first-order chi connectivity index (χ1) is 7.47. The molecule has 0 bridgehead atoms. The molecule has 0 atom stereocenters. The zero-order valence-corrected chi connectivity index (χ0v) is 8.38. The van der Waals surface area contributed by atoms with Crippen molar-refractivity contribution in [3.05, 3.63) is 17.7 Å². The molecule has 88 valence electrons. The van der Waals surface area contributed by atoms with Crippen molar-refractivity contribution in [2.45, 2.75) is 6.92 Å². The zero-order chi connectivity index (χ0) is 12.3. The standard InChI is InChI=1S/C9H11NO6/c1-2-16-9(13)5-3-6(11)8(10(14)15)7(12)4-5/h3-4,11-12,14-15H,2H2,1H3/p-1. The van der Waals surface area contributed by atoms with Crippen molar-refractivity contribution >= 4 is 11.7 Å². The number of aromatic hydroxyl groups is 1. The van der Waals surface area contributed by atoms with Crippen molar-refractivity contribution in [1.82, 2.24) is 0 Å². The minimum Gasteiger partial charge on any atom is -0.871 e. The highest BCUT2D eigenvalue weighted by Crippen LogP contribution is 2.34. The number of rotatable bonds is 3. The van der Waals surface area contributed by atoms with Crippen LogP contribution < -0.4 is 10.3 Å². The van der Waals surface area contributed by atoms with Crippen LogP contribution in [0.4, 0.5) is 5.69 Å². The van der Waals surface area contributed by atoms with Gasteiger partial charge in [-0.05, 0) is 13.0 Å². The summed E-state index contributed by atoms with van der Waals surface area (Å²) in [6, 6.07) is 1.75. The van der Waals surface area contributed by atoms with Crippen LogP contribution in [-0.4, -0.2) is 28.1 Å². The van der Waals surface area contributed by atoms with Gasteiger partial charge in [-0.3, -0.25) is 10.4 Å². The molecule has 0 unspecified atom stereocenters. The number of ether oxygens (including phenoxy) is 1. The Morgan fingerprint density at radius 2 is 2.12 bits per heavy atom. The highest BCUT2D eigenvalue weighted by atomic mass is 16.8. The maximum absolute atomic E-state index is 11.3. The van der Waals surface area contributed by atoms with Crippen LogP contribution in [0.1, 0.15) is 17.3 Å². The second-order valence-electron chi connectivity index (χ2n) is 2.85. The van der Waals surface area contributed by atoms with E-state index < -0.39 is 28.4 Å². The second-order valence-corrected chi connectivity index (χ2v) is 2.85. The molecule has 1 aromatic carbocycles. The van der Waals surface area contributed by atoms with Crippen LogP contribution in [0, 0.1) is 0 Å². The molecule has 16 heavy (non-hydrogen) atoms. The van der Waals surface area contributed by atoms with E-state index in [0.717, 1.165) is 12.1 Å². The summed E-state index contributed by atoms with van der Waals surface area (Å²) in [5.74, 6) is -2.41. The average Bonchev–Trinajstić information content (AvgIpc) is 2.16. The van der Waals surface area contributed by atoms with Crippen LogP contribution in [0.5, 0.6) is 11.5 Å². The van der Waals surface area contributed by atoms with Gasteiger partial charge in [-0.15, -0.1) is 5.23 Å². The normalized spacial score (nSPS) is 9.94. The lowest BCUT2D eigenvalue weighted by molar-refractivity contribution is -0.268. The van der Waals surface area contributed by atoms with Crippen molar-refractivity contribution in [2.75, 3.05) is 11.8 Å². The first kappa shape index (κ1) is 12.1. The summed E-state index contributed by atoms with van der Waals surface area (Å²) in [5, 5.41) is 37.3. The van der Waals surface area contributed by atoms with Crippen LogP contribution in [0.2, 0.25) is 0 Å². The molecular weight excluding hydrogens is 218 g/mol. The number of carbonyl (C=O) groups excluding carboxylic acids is 1. The monoisotopic (exact) mass is 228 g/mol. The summed E-state index contributed by atoms with van der Waals surface area (Å²) in [4.78, 5) is 11.2. The van der Waals surface area contributed by atoms with Crippen LogP contribution in [0.3, 0.4) is 0 Å². The second kappa shape index (κ2) is 4.69. The number of phenols is 1. The molecule has 0 saturated carbocycles. The Balaban J connectivity index is 3.14. The molecule has 0 fully saturated rings. The van der Waals surface area contributed by atoms with Gasteiger partial charge in [0, 0.05) is 0 Å². The zero-order valence-electron chi connectivity index (χ0n) is 8.38. The summed E-state index contributed by atoms with van der Waals surface area (Å²) in [5.41, 5.74) is -0.886. The molecule has 0 spiro atoms. The van der Waals surface area contributed by atoms with Crippen molar-refractivity contribution in [3.63, 3.8) is 0 Å². The molecule has 0 heterocycles. The fourth-order valence-electron chi connectivity index (χ4n) is 1.13. The van der Waals surface area contributed by atoms with Gasteiger partial charge in [-0.2, -0.15) is 0 Å². The van der Waals surface area contributed by atoms with Gasteiger partial charge >= 0.3 is 5.97 Å².